The SMILES string of the molecule is Cn1ccc(CN2CCN(C(=O)Cc3ccc(Cl)c(Cl)c3)[C@H]3C2COC[C@@H]3N2CCCC2)n1. The second kappa shape index (κ2) is 9.92. The molecular formula is C24H31Cl2N5O2. The lowest BCUT2D eigenvalue weighted by molar-refractivity contribution is -0.153. The highest BCUT2D eigenvalue weighted by Crippen LogP contribution is 2.31. The standard InChI is InChI=1S/C24H31Cl2N5O2/c1-28-9-6-18(27-28)14-30-10-11-31(23(32)13-17-4-5-19(25)20(26)12-17)24-21(15-33-16-22(24)30)29-7-2-3-8-29/h4-6,9,12,21-22,24H,2-3,7-8,10-11,13-16H2,1H3/t21-,22?,24+/m0/s1. The van der Waals surface area contributed by atoms with E-state index in [1.807, 2.05) is 24.0 Å². The van der Waals surface area contributed by atoms with Crippen LogP contribution in [0.2, 0.25) is 10.0 Å². The van der Waals surface area contributed by atoms with E-state index in [1.165, 1.54) is 12.8 Å². The molecule has 0 N–H and O–H groups in total. The third-order valence-corrected chi connectivity index (χ3v) is 7.97. The molecule has 3 aliphatic rings. The number of carbonyl (C=O) groups is 1. The number of nitrogens with zero attached hydrogens (tertiary/aromatic N) is 5. The largest absolute Gasteiger partial charge is 0.378 e. The van der Waals surface area contributed by atoms with Crippen LogP contribution in [0.4, 0.5) is 0 Å². The van der Waals surface area contributed by atoms with Gasteiger partial charge in [-0.2, -0.15) is 5.10 Å². The first-order chi connectivity index (χ1) is 16.0. The van der Waals surface area contributed by atoms with Gasteiger partial charge in [-0.3, -0.25) is 19.3 Å². The first-order valence-corrected chi connectivity index (χ1v) is 12.5. The molecule has 3 atom stereocenters. The zero-order valence-electron chi connectivity index (χ0n) is 19.0. The number of amides is 1. The Kier molecular flexibility index (Phi) is 6.95. The minimum Gasteiger partial charge on any atom is -0.378 e. The molecule has 0 bridgehead atoms. The molecule has 1 aromatic heterocycles. The van der Waals surface area contributed by atoms with Crippen LogP contribution in [-0.4, -0.2) is 87.9 Å². The van der Waals surface area contributed by atoms with Crippen LogP contribution in [0.3, 0.4) is 0 Å². The Labute approximate surface area is 205 Å². The summed E-state index contributed by atoms with van der Waals surface area (Å²) >= 11 is 12.3. The smallest absolute Gasteiger partial charge is 0.227 e. The molecule has 0 saturated carbocycles. The molecule has 0 spiro atoms. The zero-order chi connectivity index (χ0) is 22.9. The predicted molar refractivity (Wildman–Crippen MR) is 128 cm³/mol. The molecule has 4 heterocycles. The Bertz CT molecular complexity index is 993. The van der Waals surface area contributed by atoms with Crippen molar-refractivity contribution in [3.05, 3.63) is 51.8 Å². The third kappa shape index (κ3) is 4.93. The van der Waals surface area contributed by atoms with Gasteiger partial charge in [0.25, 0.3) is 0 Å². The number of aromatic nitrogens is 2. The zero-order valence-corrected chi connectivity index (χ0v) is 20.5. The van der Waals surface area contributed by atoms with Crippen LogP contribution in [0.25, 0.3) is 0 Å². The minimum absolute atomic E-state index is 0.101. The molecule has 9 heteroatoms. The number of hydrogen-bond donors (Lipinski definition) is 0. The molecule has 1 unspecified atom stereocenters. The van der Waals surface area contributed by atoms with E-state index in [0.717, 1.165) is 37.4 Å². The lowest BCUT2D eigenvalue weighted by Gasteiger charge is -2.54. The first kappa shape index (κ1) is 23.1. The minimum atomic E-state index is 0.101. The van der Waals surface area contributed by atoms with Gasteiger partial charge in [0.15, 0.2) is 0 Å². The normalized spacial score (nSPS) is 26.5. The van der Waals surface area contributed by atoms with Gasteiger partial charge in [0, 0.05) is 32.9 Å². The predicted octanol–water partition coefficient (Wildman–Crippen LogP) is 2.85. The van der Waals surface area contributed by atoms with Crippen molar-refractivity contribution in [1.29, 1.82) is 0 Å². The number of piperazine rings is 1. The van der Waals surface area contributed by atoms with Gasteiger partial charge in [-0.15, -0.1) is 0 Å². The monoisotopic (exact) mass is 491 g/mol. The number of benzene rings is 1. The Morgan fingerprint density at radius 2 is 1.85 bits per heavy atom. The summed E-state index contributed by atoms with van der Waals surface area (Å²) in [6, 6.07) is 8.00. The third-order valence-electron chi connectivity index (χ3n) is 7.23. The van der Waals surface area contributed by atoms with Crippen molar-refractivity contribution in [3.63, 3.8) is 0 Å². The van der Waals surface area contributed by atoms with Crippen molar-refractivity contribution in [2.24, 2.45) is 7.05 Å². The van der Waals surface area contributed by atoms with E-state index in [1.54, 1.807) is 12.1 Å². The molecule has 2 aromatic rings. The lowest BCUT2D eigenvalue weighted by Crippen LogP contribution is -2.71. The van der Waals surface area contributed by atoms with E-state index in [9.17, 15) is 4.79 Å². The molecule has 178 valence electrons. The second-order valence-corrected chi connectivity index (χ2v) is 10.2. The van der Waals surface area contributed by atoms with E-state index in [2.05, 4.69) is 25.9 Å². The molecule has 1 amide bonds. The van der Waals surface area contributed by atoms with E-state index in [4.69, 9.17) is 27.9 Å². The maximum Gasteiger partial charge on any atom is 0.227 e. The number of fused-ring (bicyclic) bond motifs is 1. The van der Waals surface area contributed by atoms with Gasteiger partial charge in [-0.25, -0.2) is 0 Å². The Morgan fingerprint density at radius 3 is 2.58 bits per heavy atom. The van der Waals surface area contributed by atoms with Crippen molar-refractivity contribution < 1.29 is 9.53 Å². The molecule has 0 aliphatic carbocycles. The molecule has 3 saturated heterocycles. The summed E-state index contributed by atoms with van der Waals surface area (Å²) in [4.78, 5) is 20.7. The van der Waals surface area contributed by atoms with Gasteiger partial charge in [-0.1, -0.05) is 29.3 Å². The fourth-order valence-corrected chi connectivity index (χ4v) is 5.94. The van der Waals surface area contributed by atoms with Gasteiger partial charge in [0.2, 0.25) is 5.91 Å². The highest BCUT2D eigenvalue weighted by Gasteiger charge is 2.47. The van der Waals surface area contributed by atoms with E-state index >= 15 is 0 Å². The van der Waals surface area contributed by atoms with Crippen LogP contribution in [0.1, 0.15) is 24.1 Å². The van der Waals surface area contributed by atoms with Crippen LogP contribution in [0.15, 0.2) is 30.5 Å². The fourth-order valence-electron chi connectivity index (χ4n) is 5.61. The van der Waals surface area contributed by atoms with Crippen molar-refractivity contribution >= 4 is 29.1 Å². The average molecular weight is 492 g/mol. The van der Waals surface area contributed by atoms with Gasteiger partial charge in [0.05, 0.1) is 53.5 Å². The number of ether oxygens (including phenoxy) is 1. The summed E-state index contributed by atoms with van der Waals surface area (Å²) in [7, 11) is 1.94. The van der Waals surface area contributed by atoms with Gasteiger partial charge < -0.3 is 9.64 Å². The second-order valence-electron chi connectivity index (χ2n) is 9.37. The number of aryl methyl sites for hydroxylation is 1. The summed E-state index contributed by atoms with van der Waals surface area (Å²) in [5, 5.41) is 5.58. The molecule has 1 aromatic carbocycles. The average Bonchev–Trinajstić information content (AvgIpc) is 3.48. The van der Waals surface area contributed by atoms with E-state index < -0.39 is 0 Å². The quantitative estimate of drug-likeness (QED) is 0.643. The first-order valence-electron chi connectivity index (χ1n) is 11.8. The van der Waals surface area contributed by atoms with E-state index in [0.29, 0.717) is 36.2 Å². The molecular weight excluding hydrogens is 461 g/mol. The number of likely N-dealkylation sites (tertiary alicyclic amines) is 1. The number of hydrogen-bond acceptors (Lipinski definition) is 5. The Morgan fingerprint density at radius 1 is 1.06 bits per heavy atom. The summed E-state index contributed by atoms with van der Waals surface area (Å²) in [5.41, 5.74) is 1.95. The summed E-state index contributed by atoms with van der Waals surface area (Å²) in [6.07, 6.45) is 4.73. The Hall–Kier alpha value is -1.64. The summed E-state index contributed by atoms with van der Waals surface area (Å²) in [6.45, 7) is 5.75. The number of rotatable bonds is 5. The molecule has 3 aliphatic heterocycles. The van der Waals surface area contributed by atoms with Crippen LogP contribution >= 0.6 is 23.2 Å². The fraction of sp³-hybridized carbons (Fsp3) is 0.583. The van der Waals surface area contributed by atoms with Gasteiger partial charge >= 0.3 is 0 Å². The maximum atomic E-state index is 13.6. The van der Waals surface area contributed by atoms with Crippen LogP contribution in [0.5, 0.6) is 0 Å². The van der Waals surface area contributed by atoms with Crippen LogP contribution < -0.4 is 0 Å². The maximum absolute atomic E-state index is 13.6. The topological polar surface area (TPSA) is 53.8 Å². The number of carbonyl (C=O) groups excluding carboxylic acids is 1. The van der Waals surface area contributed by atoms with Crippen LogP contribution in [-0.2, 0) is 29.5 Å². The van der Waals surface area contributed by atoms with Gasteiger partial charge in [0.1, 0.15) is 0 Å². The van der Waals surface area contributed by atoms with Crippen molar-refractivity contribution in [3.8, 4) is 0 Å². The highest BCUT2D eigenvalue weighted by molar-refractivity contribution is 6.42. The number of halogens is 2. The van der Waals surface area contributed by atoms with Crippen LogP contribution in [0, 0.1) is 0 Å². The molecule has 3 fully saturated rings. The van der Waals surface area contributed by atoms with Gasteiger partial charge in [-0.05, 0) is 49.7 Å². The molecule has 33 heavy (non-hydrogen) atoms. The highest BCUT2D eigenvalue weighted by atomic mass is 35.5. The molecule has 5 rings (SSSR count). The Balaban J connectivity index is 1.39. The lowest BCUT2D eigenvalue weighted by atomic mass is 9.90. The summed E-state index contributed by atoms with van der Waals surface area (Å²) in [5.74, 6) is 0.145. The molecule has 7 nitrogen and oxygen atoms in total. The van der Waals surface area contributed by atoms with E-state index in [-0.39, 0.29) is 24.0 Å². The van der Waals surface area contributed by atoms with Crippen molar-refractivity contribution in [2.75, 3.05) is 39.4 Å². The van der Waals surface area contributed by atoms with Crippen molar-refractivity contribution in [2.45, 2.75) is 43.9 Å². The van der Waals surface area contributed by atoms with Crippen molar-refractivity contribution in [1.82, 2.24) is 24.5 Å². The summed E-state index contributed by atoms with van der Waals surface area (Å²) < 4.78 is 7.97. The molecule has 0 radical (unpaired) electrons.